The van der Waals surface area contributed by atoms with Gasteiger partial charge in [-0.15, -0.1) is 0 Å². The Morgan fingerprint density at radius 1 is 1.08 bits per heavy atom. The number of amides is 1. The highest BCUT2D eigenvalue weighted by atomic mass is 35.5. The van der Waals surface area contributed by atoms with E-state index in [2.05, 4.69) is 5.32 Å². The van der Waals surface area contributed by atoms with E-state index < -0.39 is 11.1 Å². The number of carbonyl (C=O) groups excluding carboxylic acids is 1. The van der Waals surface area contributed by atoms with E-state index in [1.807, 2.05) is 50.2 Å². The Bertz CT molecular complexity index is 1290. The molecule has 2 heterocycles. The van der Waals surface area contributed by atoms with Gasteiger partial charge in [-0.2, -0.15) is 0 Å². The summed E-state index contributed by atoms with van der Waals surface area (Å²) in [5.41, 5.74) is 2.75. The maximum atomic E-state index is 12.9. The van der Waals surface area contributed by atoms with E-state index in [-0.39, 0.29) is 24.9 Å². The minimum atomic E-state index is -0.706. The Hall–Kier alpha value is -2.31. The number of carbonyl (C=O) groups is 1. The molecule has 0 aliphatic carbocycles. The molecule has 2 aromatic carbocycles. The maximum absolute atomic E-state index is 12.9. The molecule has 1 aliphatic heterocycles. The number of aliphatic hydroxyl groups excluding tert-OH is 1. The molecule has 0 fully saturated rings. The van der Waals surface area contributed by atoms with Crippen molar-refractivity contribution in [3.63, 3.8) is 0 Å². The lowest BCUT2D eigenvalue weighted by molar-refractivity contribution is -0.123. The van der Waals surface area contributed by atoms with Crippen molar-refractivity contribution in [2.24, 2.45) is 0 Å². The van der Waals surface area contributed by atoms with Gasteiger partial charge in [0.1, 0.15) is 5.60 Å². The minimum Gasteiger partial charge on any atom is -0.471 e. The number of nitrogens with one attached hydrogen (secondary N) is 1. The van der Waals surface area contributed by atoms with E-state index in [4.69, 9.17) is 44.5 Å². The molecule has 0 spiro atoms. The highest BCUT2D eigenvalue weighted by Crippen LogP contribution is 2.46. The number of halogens is 3. The summed E-state index contributed by atoms with van der Waals surface area (Å²) in [4.78, 5) is 17.9. The number of ether oxygens (including phenoxy) is 1. The second kappa shape index (κ2) is 10.2. The molecule has 0 saturated heterocycles. The molecule has 0 radical (unpaired) electrons. The molecule has 5 nitrogen and oxygen atoms in total. The fourth-order valence-corrected chi connectivity index (χ4v) is 5.13. The van der Waals surface area contributed by atoms with Gasteiger partial charge in [-0.1, -0.05) is 46.9 Å². The number of aromatic nitrogens is 1. The van der Waals surface area contributed by atoms with Crippen molar-refractivity contribution in [3.05, 3.63) is 69.2 Å². The van der Waals surface area contributed by atoms with Crippen LogP contribution in [0.1, 0.15) is 52.0 Å². The fraction of sp³-hybridized carbons (Fsp3) is 0.357. The van der Waals surface area contributed by atoms with Crippen molar-refractivity contribution >= 4 is 40.7 Å². The molecule has 0 bridgehead atoms. The van der Waals surface area contributed by atoms with Crippen LogP contribution in [0, 0.1) is 0 Å². The number of fused-ring (bicyclic) bond motifs is 1. The molecule has 3 aromatic rings. The first-order valence-electron chi connectivity index (χ1n) is 11.7. The van der Waals surface area contributed by atoms with Crippen molar-refractivity contribution in [1.29, 1.82) is 0 Å². The SMILES string of the molecule is CC(C)(CO)NC(=O)CC1CC(C)(C)Oc2nc(-c3ccc(Cl)cc3Cl)c(-c3ccc(Cl)cc3)cc21. The van der Waals surface area contributed by atoms with Gasteiger partial charge in [-0.3, -0.25) is 4.79 Å². The molecule has 1 atom stereocenters. The molecule has 8 heteroatoms. The molecule has 1 unspecified atom stereocenters. The predicted octanol–water partition coefficient (Wildman–Crippen LogP) is 7.30. The zero-order valence-electron chi connectivity index (χ0n) is 20.7. The quantitative estimate of drug-likeness (QED) is 0.340. The highest BCUT2D eigenvalue weighted by Gasteiger charge is 2.37. The van der Waals surface area contributed by atoms with Gasteiger partial charge in [0, 0.05) is 39.1 Å². The minimum absolute atomic E-state index is 0.133. The average molecular weight is 548 g/mol. The summed E-state index contributed by atoms with van der Waals surface area (Å²) in [5.74, 6) is 0.205. The first-order chi connectivity index (χ1) is 16.9. The molecule has 190 valence electrons. The van der Waals surface area contributed by atoms with Crippen molar-refractivity contribution in [1.82, 2.24) is 10.3 Å². The highest BCUT2D eigenvalue weighted by molar-refractivity contribution is 6.36. The van der Waals surface area contributed by atoms with Crippen molar-refractivity contribution in [2.45, 2.75) is 57.6 Å². The molecular weight excluding hydrogens is 519 g/mol. The summed E-state index contributed by atoms with van der Waals surface area (Å²) in [6.45, 7) is 7.40. The standard InChI is InChI=1S/C28H29Cl3N2O3/c1-27(2,15-34)33-24(35)11-17-14-28(3,4)36-26-22(17)13-21(16-5-7-18(29)8-6-16)25(32-26)20-10-9-19(30)12-23(20)31/h5-10,12-13,17,34H,11,14-15H2,1-4H3,(H,33,35). The molecule has 36 heavy (non-hydrogen) atoms. The Morgan fingerprint density at radius 3 is 2.39 bits per heavy atom. The zero-order chi connectivity index (χ0) is 26.3. The maximum Gasteiger partial charge on any atom is 0.221 e. The summed E-state index contributed by atoms with van der Waals surface area (Å²) in [6, 6.07) is 14.8. The van der Waals surface area contributed by atoms with Gasteiger partial charge < -0.3 is 15.2 Å². The number of benzene rings is 2. The Morgan fingerprint density at radius 2 is 1.75 bits per heavy atom. The molecule has 0 saturated carbocycles. The van der Waals surface area contributed by atoms with Crippen LogP contribution in [0.4, 0.5) is 0 Å². The topological polar surface area (TPSA) is 71.5 Å². The van der Waals surface area contributed by atoms with Crippen LogP contribution in [0.3, 0.4) is 0 Å². The van der Waals surface area contributed by atoms with Gasteiger partial charge >= 0.3 is 0 Å². The van der Waals surface area contributed by atoms with Gasteiger partial charge in [0.15, 0.2) is 0 Å². The lowest BCUT2D eigenvalue weighted by atomic mass is 9.81. The average Bonchev–Trinajstić information content (AvgIpc) is 2.78. The molecule has 1 aromatic heterocycles. The number of nitrogens with zero attached hydrogens (tertiary/aromatic N) is 1. The number of hydrogen-bond donors (Lipinski definition) is 2. The predicted molar refractivity (Wildman–Crippen MR) is 146 cm³/mol. The lowest BCUT2D eigenvalue weighted by Gasteiger charge is -2.37. The number of hydrogen-bond acceptors (Lipinski definition) is 4. The third kappa shape index (κ3) is 5.97. The van der Waals surface area contributed by atoms with Gasteiger partial charge in [-0.25, -0.2) is 4.98 Å². The normalized spacial score (nSPS) is 16.7. The second-order valence-electron chi connectivity index (χ2n) is 10.5. The summed E-state index contributed by atoms with van der Waals surface area (Å²) < 4.78 is 6.32. The van der Waals surface area contributed by atoms with E-state index >= 15 is 0 Å². The number of aliphatic hydroxyl groups is 1. The molecular formula is C28H29Cl3N2O3. The summed E-state index contributed by atoms with van der Waals surface area (Å²) in [6.07, 6.45) is 0.877. The van der Waals surface area contributed by atoms with Crippen LogP contribution in [0.5, 0.6) is 5.88 Å². The third-order valence-electron chi connectivity index (χ3n) is 6.21. The van der Waals surface area contributed by atoms with Crippen molar-refractivity contribution in [2.75, 3.05) is 6.61 Å². The van der Waals surface area contributed by atoms with E-state index in [1.165, 1.54) is 0 Å². The van der Waals surface area contributed by atoms with Gasteiger partial charge in [0.2, 0.25) is 11.8 Å². The molecule has 2 N–H and O–H groups in total. The summed E-state index contributed by atoms with van der Waals surface area (Å²) in [5, 5.41) is 14.1. The molecule has 1 amide bonds. The Labute approximate surface area is 226 Å². The van der Waals surface area contributed by atoms with Gasteiger partial charge in [0.05, 0.1) is 22.9 Å². The van der Waals surface area contributed by atoms with E-state index in [0.29, 0.717) is 33.1 Å². The van der Waals surface area contributed by atoms with E-state index in [9.17, 15) is 9.90 Å². The first-order valence-corrected chi connectivity index (χ1v) is 12.9. The van der Waals surface area contributed by atoms with Crippen LogP contribution < -0.4 is 10.1 Å². The van der Waals surface area contributed by atoms with Crippen LogP contribution in [-0.4, -0.2) is 33.7 Å². The van der Waals surface area contributed by atoms with Crippen LogP contribution in [0.25, 0.3) is 22.4 Å². The Kier molecular flexibility index (Phi) is 7.59. The van der Waals surface area contributed by atoms with Crippen molar-refractivity contribution in [3.8, 4) is 28.3 Å². The zero-order valence-corrected chi connectivity index (χ0v) is 22.9. The lowest BCUT2D eigenvalue weighted by Crippen LogP contribution is -2.47. The fourth-order valence-electron chi connectivity index (χ4n) is 4.50. The molecule has 4 rings (SSSR count). The smallest absolute Gasteiger partial charge is 0.221 e. The summed E-state index contributed by atoms with van der Waals surface area (Å²) >= 11 is 18.9. The van der Waals surface area contributed by atoms with Crippen LogP contribution >= 0.6 is 34.8 Å². The van der Waals surface area contributed by atoms with Gasteiger partial charge in [-0.05, 0) is 76.1 Å². The van der Waals surface area contributed by atoms with Crippen LogP contribution in [0.2, 0.25) is 15.1 Å². The number of rotatable bonds is 6. The molecule has 1 aliphatic rings. The third-order valence-corrected chi connectivity index (χ3v) is 7.01. The monoisotopic (exact) mass is 546 g/mol. The first kappa shape index (κ1) is 26.7. The largest absolute Gasteiger partial charge is 0.471 e. The van der Waals surface area contributed by atoms with E-state index in [0.717, 1.165) is 22.3 Å². The van der Waals surface area contributed by atoms with E-state index in [1.54, 1.807) is 26.0 Å². The van der Waals surface area contributed by atoms with Crippen LogP contribution in [-0.2, 0) is 4.79 Å². The van der Waals surface area contributed by atoms with Crippen LogP contribution in [0.15, 0.2) is 48.5 Å². The second-order valence-corrected chi connectivity index (χ2v) is 11.7. The summed E-state index contributed by atoms with van der Waals surface area (Å²) in [7, 11) is 0. The Balaban J connectivity index is 1.86. The van der Waals surface area contributed by atoms with Crippen molar-refractivity contribution < 1.29 is 14.6 Å². The number of pyridine rings is 1. The van der Waals surface area contributed by atoms with Gasteiger partial charge in [0.25, 0.3) is 0 Å².